The Morgan fingerprint density at radius 3 is 3.00 bits per heavy atom. The van der Waals surface area contributed by atoms with Gasteiger partial charge in [0, 0.05) is 15.7 Å². The molecule has 2 heterocycles. The van der Waals surface area contributed by atoms with Crippen LogP contribution in [0.4, 0.5) is 5.69 Å². The molecule has 1 aliphatic heterocycles. The van der Waals surface area contributed by atoms with Gasteiger partial charge in [0.1, 0.15) is 12.2 Å². The summed E-state index contributed by atoms with van der Waals surface area (Å²) in [5.74, 6) is -0.123. The van der Waals surface area contributed by atoms with E-state index in [1.165, 1.54) is 0 Å². The quantitative estimate of drug-likeness (QED) is 0.860. The number of amides is 1. The van der Waals surface area contributed by atoms with Gasteiger partial charge in [-0.05, 0) is 47.5 Å². The second-order valence-electron chi connectivity index (χ2n) is 4.57. The van der Waals surface area contributed by atoms with Crippen LogP contribution < -0.4 is 5.32 Å². The van der Waals surface area contributed by atoms with Crippen molar-refractivity contribution in [1.82, 2.24) is 0 Å². The molecule has 1 unspecified atom stereocenters. The summed E-state index contributed by atoms with van der Waals surface area (Å²) in [7, 11) is 0. The minimum absolute atomic E-state index is 0.0542. The van der Waals surface area contributed by atoms with Crippen LogP contribution in [0.5, 0.6) is 0 Å². The Hall–Kier alpha value is -1.17. The smallest absolute Gasteiger partial charge is 0.250 e. The van der Waals surface area contributed by atoms with Crippen LogP contribution >= 0.6 is 27.3 Å². The molecule has 0 bridgehead atoms. The van der Waals surface area contributed by atoms with Gasteiger partial charge in [-0.1, -0.05) is 15.9 Å². The number of hydrogen-bond acceptors (Lipinski definition) is 3. The van der Waals surface area contributed by atoms with Crippen LogP contribution in [0.1, 0.15) is 18.1 Å². The SMILES string of the molecule is CC1(c2ccsc2)OCC(=O)Nc2ccc(Br)cc21. The average molecular weight is 338 g/mol. The van der Waals surface area contributed by atoms with Crippen molar-refractivity contribution < 1.29 is 9.53 Å². The van der Waals surface area contributed by atoms with Crippen LogP contribution in [0.25, 0.3) is 0 Å². The fourth-order valence-electron chi connectivity index (χ4n) is 2.27. The second kappa shape index (κ2) is 4.74. The van der Waals surface area contributed by atoms with Crippen molar-refractivity contribution in [1.29, 1.82) is 0 Å². The van der Waals surface area contributed by atoms with E-state index >= 15 is 0 Å². The molecular weight excluding hydrogens is 326 g/mol. The van der Waals surface area contributed by atoms with Gasteiger partial charge >= 0.3 is 0 Å². The molecule has 0 radical (unpaired) electrons. The van der Waals surface area contributed by atoms with E-state index in [0.29, 0.717) is 0 Å². The van der Waals surface area contributed by atoms with E-state index in [1.807, 2.05) is 36.6 Å². The van der Waals surface area contributed by atoms with E-state index < -0.39 is 5.60 Å². The third-order valence-electron chi connectivity index (χ3n) is 3.33. The molecule has 1 amide bonds. The summed E-state index contributed by atoms with van der Waals surface area (Å²) < 4.78 is 6.87. The molecule has 0 saturated heterocycles. The molecule has 1 N–H and O–H groups in total. The highest BCUT2D eigenvalue weighted by molar-refractivity contribution is 9.10. The molecule has 1 aromatic heterocycles. The van der Waals surface area contributed by atoms with E-state index in [9.17, 15) is 4.79 Å². The Balaban J connectivity index is 2.21. The van der Waals surface area contributed by atoms with Crippen LogP contribution in [0.2, 0.25) is 0 Å². The van der Waals surface area contributed by atoms with Crippen molar-refractivity contribution >= 4 is 38.9 Å². The average Bonchev–Trinajstić information content (AvgIpc) is 2.89. The number of anilines is 1. The third-order valence-corrected chi connectivity index (χ3v) is 4.51. The summed E-state index contributed by atoms with van der Waals surface area (Å²) >= 11 is 5.10. The normalized spacial score (nSPS) is 22.5. The van der Waals surface area contributed by atoms with Gasteiger partial charge < -0.3 is 10.1 Å². The first-order chi connectivity index (χ1) is 9.09. The van der Waals surface area contributed by atoms with Crippen molar-refractivity contribution in [2.45, 2.75) is 12.5 Å². The molecule has 5 heteroatoms. The zero-order valence-corrected chi connectivity index (χ0v) is 12.7. The number of rotatable bonds is 1. The minimum Gasteiger partial charge on any atom is -0.356 e. The Morgan fingerprint density at radius 2 is 2.26 bits per heavy atom. The molecule has 1 aromatic carbocycles. The first kappa shape index (κ1) is 12.8. The highest BCUT2D eigenvalue weighted by Gasteiger charge is 2.36. The Labute approximate surface area is 123 Å². The summed E-state index contributed by atoms with van der Waals surface area (Å²) in [4.78, 5) is 11.7. The summed E-state index contributed by atoms with van der Waals surface area (Å²) in [5, 5.41) is 6.96. The van der Waals surface area contributed by atoms with Crippen molar-refractivity contribution in [3.63, 3.8) is 0 Å². The van der Waals surface area contributed by atoms with Crippen molar-refractivity contribution in [2.75, 3.05) is 11.9 Å². The van der Waals surface area contributed by atoms with Crippen LogP contribution in [0, 0.1) is 0 Å². The summed E-state index contributed by atoms with van der Waals surface area (Å²) in [6.45, 7) is 2.05. The molecule has 0 spiro atoms. The van der Waals surface area contributed by atoms with Gasteiger partial charge in [-0.2, -0.15) is 11.3 Å². The summed E-state index contributed by atoms with van der Waals surface area (Å²) in [5.41, 5.74) is 2.22. The number of halogens is 1. The van der Waals surface area contributed by atoms with E-state index in [2.05, 4.69) is 26.6 Å². The largest absolute Gasteiger partial charge is 0.356 e. The van der Waals surface area contributed by atoms with Crippen LogP contribution in [0.3, 0.4) is 0 Å². The number of carbonyl (C=O) groups is 1. The maximum Gasteiger partial charge on any atom is 0.250 e. The maximum absolute atomic E-state index is 11.7. The molecule has 1 aliphatic rings. The molecule has 1 atom stereocenters. The maximum atomic E-state index is 11.7. The number of nitrogens with one attached hydrogen (secondary N) is 1. The van der Waals surface area contributed by atoms with Crippen LogP contribution in [-0.2, 0) is 15.1 Å². The lowest BCUT2D eigenvalue weighted by Crippen LogP contribution is -2.27. The zero-order chi connectivity index (χ0) is 13.5. The molecule has 0 fully saturated rings. The standard InChI is InChI=1S/C14H12BrNO2S/c1-14(9-4-5-19-8-9)11-6-10(15)2-3-12(11)16-13(17)7-18-14/h2-6,8H,7H2,1H3,(H,16,17). The first-order valence-corrected chi connectivity index (χ1v) is 7.60. The monoisotopic (exact) mass is 337 g/mol. The van der Waals surface area contributed by atoms with Gasteiger partial charge in [0.05, 0.1) is 0 Å². The fraction of sp³-hybridized carbons (Fsp3) is 0.214. The Bertz CT molecular complexity index is 626. The van der Waals surface area contributed by atoms with Gasteiger partial charge in [-0.25, -0.2) is 0 Å². The second-order valence-corrected chi connectivity index (χ2v) is 6.27. The number of thiophene rings is 1. The predicted octanol–water partition coefficient (Wildman–Crippen LogP) is 3.74. The lowest BCUT2D eigenvalue weighted by Gasteiger charge is -2.29. The van der Waals surface area contributed by atoms with Gasteiger partial charge in [-0.3, -0.25) is 4.79 Å². The number of hydrogen-bond donors (Lipinski definition) is 1. The van der Waals surface area contributed by atoms with Gasteiger partial charge in [0.2, 0.25) is 5.91 Å². The van der Waals surface area contributed by atoms with E-state index in [4.69, 9.17) is 4.74 Å². The van der Waals surface area contributed by atoms with Crippen molar-refractivity contribution in [3.8, 4) is 0 Å². The van der Waals surface area contributed by atoms with Gasteiger partial charge in [0.25, 0.3) is 0 Å². The molecular formula is C14H12BrNO2S. The zero-order valence-electron chi connectivity index (χ0n) is 10.3. The Kier molecular flexibility index (Phi) is 3.20. The number of carbonyl (C=O) groups excluding carboxylic acids is 1. The van der Waals surface area contributed by atoms with Crippen molar-refractivity contribution in [2.24, 2.45) is 0 Å². The van der Waals surface area contributed by atoms with Gasteiger partial charge in [-0.15, -0.1) is 0 Å². The summed E-state index contributed by atoms with van der Waals surface area (Å²) in [6, 6.07) is 7.85. The lowest BCUT2D eigenvalue weighted by atomic mass is 9.88. The van der Waals surface area contributed by atoms with E-state index in [-0.39, 0.29) is 12.5 Å². The van der Waals surface area contributed by atoms with Crippen molar-refractivity contribution in [3.05, 3.63) is 50.6 Å². The predicted molar refractivity (Wildman–Crippen MR) is 79.5 cm³/mol. The Morgan fingerprint density at radius 1 is 1.42 bits per heavy atom. The highest BCUT2D eigenvalue weighted by Crippen LogP contribution is 2.41. The molecule has 2 aromatic rings. The van der Waals surface area contributed by atoms with Crippen LogP contribution in [-0.4, -0.2) is 12.5 Å². The molecule has 98 valence electrons. The topological polar surface area (TPSA) is 38.3 Å². The van der Waals surface area contributed by atoms with E-state index in [0.717, 1.165) is 21.3 Å². The lowest BCUT2D eigenvalue weighted by molar-refractivity contribution is -0.124. The molecule has 19 heavy (non-hydrogen) atoms. The number of ether oxygens (including phenoxy) is 1. The first-order valence-electron chi connectivity index (χ1n) is 5.86. The minimum atomic E-state index is -0.613. The number of benzene rings is 1. The van der Waals surface area contributed by atoms with Gasteiger partial charge in [0.15, 0.2) is 0 Å². The highest BCUT2D eigenvalue weighted by atomic mass is 79.9. The molecule has 3 rings (SSSR count). The number of fused-ring (bicyclic) bond motifs is 1. The molecule has 0 aliphatic carbocycles. The fourth-order valence-corrected chi connectivity index (χ4v) is 3.38. The third kappa shape index (κ3) is 2.22. The molecule has 3 nitrogen and oxygen atoms in total. The molecule has 0 saturated carbocycles. The van der Waals surface area contributed by atoms with Crippen LogP contribution in [0.15, 0.2) is 39.5 Å². The van der Waals surface area contributed by atoms with E-state index in [1.54, 1.807) is 11.3 Å². The summed E-state index contributed by atoms with van der Waals surface area (Å²) in [6.07, 6.45) is 0.